The van der Waals surface area contributed by atoms with Crippen LogP contribution in [-0.2, 0) is 0 Å². The highest BCUT2D eigenvalue weighted by Gasteiger charge is 2.32. The van der Waals surface area contributed by atoms with Crippen molar-refractivity contribution in [1.29, 1.82) is 0 Å². The van der Waals surface area contributed by atoms with Gasteiger partial charge in [-0.25, -0.2) is 0 Å². The fourth-order valence-corrected chi connectivity index (χ4v) is 3.08. The standard InChI is InChI=1S/C17H16N2/c1-2-6-13(7-3-1)16-12-14-8-4-5-9-15(14)17-18-10-11-19(16)17/h1-9,12,17-18H,10-11H2. The molecule has 94 valence electrons. The Bertz CT molecular complexity index is 631. The Hall–Kier alpha value is -2.06. The minimum absolute atomic E-state index is 0.330. The van der Waals surface area contributed by atoms with Gasteiger partial charge in [-0.2, -0.15) is 0 Å². The molecule has 2 heterocycles. The lowest BCUT2D eigenvalue weighted by molar-refractivity contribution is 0.355. The van der Waals surface area contributed by atoms with Gasteiger partial charge in [0, 0.05) is 18.8 Å². The van der Waals surface area contributed by atoms with Crippen molar-refractivity contribution in [3.63, 3.8) is 0 Å². The molecule has 0 aliphatic carbocycles. The third kappa shape index (κ3) is 1.68. The monoisotopic (exact) mass is 248 g/mol. The summed E-state index contributed by atoms with van der Waals surface area (Å²) in [5.41, 5.74) is 5.34. The molecule has 2 aromatic rings. The maximum atomic E-state index is 3.60. The van der Waals surface area contributed by atoms with Gasteiger partial charge in [-0.3, -0.25) is 5.32 Å². The van der Waals surface area contributed by atoms with Gasteiger partial charge >= 0.3 is 0 Å². The predicted molar refractivity (Wildman–Crippen MR) is 78.2 cm³/mol. The van der Waals surface area contributed by atoms with Crippen LogP contribution in [0.5, 0.6) is 0 Å². The zero-order valence-corrected chi connectivity index (χ0v) is 10.7. The molecule has 2 heteroatoms. The van der Waals surface area contributed by atoms with E-state index in [0.717, 1.165) is 13.1 Å². The summed E-state index contributed by atoms with van der Waals surface area (Å²) in [5, 5.41) is 3.60. The minimum Gasteiger partial charge on any atom is -0.350 e. The van der Waals surface area contributed by atoms with Crippen molar-refractivity contribution in [3.8, 4) is 0 Å². The number of benzene rings is 2. The SMILES string of the molecule is C1=C(c2ccccc2)N2CCNC2c2ccccc21. The summed E-state index contributed by atoms with van der Waals surface area (Å²) in [6.45, 7) is 2.11. The fraction of sp³-hybridized carbons (Fsp3) is 0.176. The first-order chi connectivity index (χ1) is 9.43. The number of hydrogen-bond donors (Lipinski definition) is 1. The Morgan fingerprint density at radius 3 is 2.63 bits per heavy atom. The molecule has 0 amide bonds. The topological polar surface area (TPSA) is 15.3 Å². The summed E-state index contributed by atoms with van der Waals surface area (Å²) in [4.78, 5) is 2.47. The molecule has 1 N–H and O–H groups in total. The highest BCUT2D eigenvalue weighted by atomic mass is 15.3. The molecule has 2 aliphatic rings. The molecule has 0 radical (unpaired) electrons. The van der Waals surface area contributed by atoms with Gasteiger partial charge in [0.1, 0.15) is 6.17 Å². The lowest BCUT2D eigenvalue weighted by Crippen LogP contribution is -2.29. The molecule has 2 nitrogen and oxygen atoms in total. The Morgan fingerprint density at radius 2 is 1.74 bits per heavy atom. The highest BCUT2D eigenvalue weighted by Crippen LogP contribution is 2.38. The van der Waals surface area contributed by atoms with E-state index in [1.54, 1.807) is 0 Å². The summed E-state index contributed by atoms with van der Waals surface area (Å²) in [6, 6.07) is 19.3. The van der Waals surface area contributed by atoms with Crippen LogP contribution in [0.4, 0.5) is 0 Å². The Kier molecular flexibility index (Phi) is 2.42. The van der Waals surface area contributed by atoms with Crippen molar-refractivity contribution in [2.45, 2.75) is 6.17 Å². The van der Waals surface area contributed by atoms with Crippen molar-refractivity contribution >= 4 is 11.8 Å². The van der Waals surface area contributed by atoms with Crippen molar-refractivity contribution in [2.24, 2.45) is 0 Å². The second kappa shape index (κ2) is 4.25. The van der Waals surface area contributed by atoms with Gasteiger partial charge in [0.05, 0.1) is 0 Å². The average molecular weight is 248 g/mol. The number of rotatable bonds is 1. The van der Waals surface area contributed by atoms with E-state index in [4.69, 9.17) is 0 Å². The van der Waals surface area contributed by atoms with Crippen LogP contribution in [0.2, 0.25) is 0 Å². The predicted octanol–water partition coefficient (Wildman–Crippen LogP) is 3.10. The first-order valence-corrected chi connectivity index (χ1v) is 6.79. The maximum Gasteiger partial charge on any atom is 0.106 e. The first kappa shape index (κ1) is 10.8. The van der Waals surface area contributed by atoms with Gasteiger partial charge in [-0.15, -0.1) is 0 Å². The number of nitrogens with zero attached hydrogens (tertiary/aromatic N) is 1. The maximum absolute atomic E-state index is 3.60. The summed E-state index contributed by atoms with van der Waals surface area (Å²) in [5.74, 6) is 0. The normalized spacial score (nSPS) is 20.7. The summed E-state index contributed by atoms with van der Waals surface area (Å²) >= 11 is 0. The molecule has 1 atom stereocenters. The molecule has 1 saturated heterocycles. The third-order valence-corrected chi connectivity index (χ3v) is 3.96. The summed E-state index contributed by atoms with van der Waals surface area (Å²) in [6.07, 6.45) is 2.64. The molecular weight excluding hydrogens is 232 g/mol. The van der Waals surface area contributed by atoms with Crippen molar-refractivity contribution in [2.75, 3.05) is 13.1 Å². The van der Waals surface area contributed by atoms with E-state index in [9.17, 15) is 0 Å². The zero-order chi connectivity index (χ0) is 12.7. The van der Waals surface area contributed by atoms with Crippen LogP contribution in [0.3, 0.4) is 0 Å². The van der Waals surface area contributed by atoms with Gasteiger partial charge in [0.2, 0.25) is 0 Å². The van der Waals surface area contributed by atoms with Crippen LogP contribution in [0.1, 0.15) is 22.9 Å². The fourth-order valence-electron chi connectivity index (χ4n) is 3.08. The largest absolute Gasteiger partial charge is 0.350 e. The van der Waals surface area contributed by atoms with E-state index in [0.29, 0.717) is 6.17 Å². The van der Waals surface area contributed by atoms with Gasteiger partial charge in [-0.05, 0) is 22.8 Å². The van der Waals surface area contributed by atoms with E-state index in [1.807, 2.05) is 0 Å². The quantitative estimate of drug-likeness (QED) is 0.834. The highest BCUT2D eigenvalue weighted by molar-refractivity contribution is 5.83. The molecule has 19 heavy (non-hydrogen) atoms. The molecule has 4 rings (SSSR count). The van der Waals surface area contributed by atoms with Gasteiger partial charge in [-0.1, -0.05) is 54.6 Å². The number of nitrogens with one attached hydrogen (secondary N) is 1. The number of hydrogen-bond acceptors (Lipinski definition) is 2. The van der Waals surface area contributed by atoms with Crippen LogP contribution < -0.4 is 5.32 Å². The smallest absolute Gasteiger partial charge is 0.106 e. The Balaban J connectivity index is 1.89. The van der Waals surface area contributed by atoms with Crippen LogP contribution >= 0.6 is 0 Å². The second-order valence-corrected chi connectivity index (χ2v) is 5.07. The molecule has 1 unspecified atom stereocenters. The second-order valence-electron chi connectivity index (χ2n) is 5.07. The molecule has 0 aromatic heterocycles. The average Bonchev–Trinajstić information content (AvgIpc) is 2.97. The van der Waals surface area contributed by atoms with E-state index < -0.39 is 0 Å². The minimum atomic E-state index is 0.330. The summed E-state index contributed by atoms with van der Waals surface area (Å²) < 4.78 is 0. The van der Waals surface area contributed by atoms with Gasteiger partial charge in [0.25, 0.3) is 0 Å². The Morgan fingerprint density at radius 1 is 0.947 bits per heavy atom. The Labute approximate surface area is 113 Å². The van der Waals surface area contributed by atoms with E-state index >= 15 is 0 Å². The molecule has 1 fully saturated rings. The van der Waals surface area contributed by atoms with E-state index in [2.05, 4.69) is 70.9 Å². The zero-order valence-electron chi connectivity index (χ0n) is 10.7. The van der Waals surface area contributed by atoms with E-state index in [1.165, 1.54) is 22.4 Å². The van der Waals surface area contributed by atoms with Gasteiger partial charge < -0.3 is 4.90 Å². The lowest BCUT2D eigenvalue weighted by Gasteiger charge is -2.34. The molecule has 0 bridgehead atoms. The van der Waals surface area contributed by atoms with Crippen LogP contribution in [0.25, 0.3) is 11.8 Å². The first-order valence-electron chi connectivity index (χ1n) is 6.79. The molecule has 2 aromatic carbocycles. The van der Waals surface area contributed by atoms with Crippen molar-refractivity contribution in [1.82, 2.24) is 10.2 Å². The lowest BCUT2D eigenvalue weighted by atomic mass is 9.96. The molecule has 0 spiro atoms. The van der Waals surface area contributed by atoms with E-state index in [-0.39, 0.29) is 0 Å². The number of fused-ring (bicyclic) bond motifs is 3. The summed E-state index contributed by atoms with van der Waals surface area (Å²) in [7, 11) is 0. The molecular formula is C17H16N2. The molecule has 2 aliphatic heterocycles. The van der Waals surface area contributed by atoms with Crippen LogP contribution in [0, 0.1) is 0 Å². The molecule has 0 saturated carbocycles. The van der Waals surface area contributed by atoms with Crippen LogP contribution in [-0.4, -0.2) is 18.0 Å². The van der Waals surface area contributed by atoms with Crippen LogP contribution in [0.15, 0.2) is 54.6 Å². The van der Waals surface area contributed by atoms with Gasteiger partial charge in [0.15, 0.2) is 0 Å². The van der Waals surface area contributed by atoms with Crippen molar-refractivity contribution in [3.05, 3.63) is 71.3 Å². The van der Waals surface area contributed by atoms with Crippen molar-refractivity contribution < 1.29 is 0 Å². The third-order valence-electron chi connectivity index (χ3n) is 3.96.